The van der Waals surface area contributed by atoms with Crippen molar-refractivity contribution >= 4 is 17.7 Å². The van der Waals surface area contributed by atoms with E-state index in [0.717, 1.165) is 0 Å². The van der Waals surface area contributed by atoms with Crippen LogP contribution in [0.1, 0.15) is 24.9 Å². The van der Waals surface area contributed by atoms with Gasteiger partial charge in [0.2, 0.25) is 17.7 Å². The number of rotatable bonds is 8. The van der Waals surface area contributed by atoms with Crippen molar-refractivity contribution in [3.05, 3.63) is 61.0 Å². The highest BCUT2D eigenvalue weighted by Gasteiger charge is 2.43. The third-order valence-electron chi connectivity index (χ3n) is 4.87. The van der Waals surface area contributed by atoms with Crippen molar-refractivity contribution in [1.82, 2.24) is 15.1 Å². The minimum Gasteiger partial charge on any atom is -0.344 e. The Morgan fingerprint density at radius 3 is 2.39 bits per heavy atom. The van der Waals surface area contributed by atoms with Gasteiger partial charge < -0.3 is 15.1 Å². The predicted octanol–water partition coefficient (Wildman–Crippen LogP) is 2.05. The highest BCUT2D eigenvalue weighted by molar-refractivity contribution is 5.93. The highest BCUT2D eigenvalue weighted by Crippen LogP contribution is 2.37. The van der Waals surface area contributed by atoms with Crippen LogP contribution in [0.25, 0.3) is 0 Å². The maximum atomic E-state index is 13.2. The van der Waals surface area contributed by atoms with Crippen molar-refractivity contribution in [2.75, 3.05) is 20.1 Å². The van der Waals surface area contributed by atoms with E-state index in [1.807, 2.05) is 0 Å². The smallest absolute Gasteiger partial charge is 0.245 e. The van der Waals surface area contributed by atoms with Gasteiger partial charge in [-0.05, 0) is 24.6 Å². The van der Waals surface area contributed by atoms with Crippen molar-refractivity contribution in [3.8, 4) is 0 Å². The predicted molar refractivity (Wildman–Crippen MR) is 105 cm³/mol. The lowest BCUT2D eigenvalue weighted by atomic mass is 9.92. The fraction of sp³-hybridized carbons (Fsp3) is 0.381. The van der Waals surface area contributed by atoms with Crippen LogP contribution < -0.4 is 5.32 Å². The molecule has 0 aromatic heterocycles. The minimum absolute atomic E-state index is 0.0360. The zero-order valence-electron chi connectivity index (χ0n) is 16.2. The lowest BCUT2D eigenvalue weighted by Gasteiger charge is -2.27. The van der Waals surface area contributed by atoms with E-state index in [0.29, 0.717) is 18.7 Å². The van der Waals surface area contributed by atoms with Crippen LogP contribution in [0.2, 0.25) is 0 Å². The molecule has 1 N–H and O–H groups in total. The summed E-state index contributed by atoms with van der Waals surface area (Å²) in [6.07, 6.45) is 3.24. The van der Waals surface area contributed by atoms with Gasteiger partial charge in [0.15, 0.2) is 0 Å². The Kier molecular flexibility index (Phi) is 7.09. The monoisotopic (exact) mass is 387 g/mol. The molecule has 0 spiro atoms. The molecule has 0 saturated carbocycles. The second-order valence-corrected chi connectivity index (χ2v) is 6.86. The molecule has 3 unspecified atom stereocenters. The zero-order valence-corrected chi connectivity index (χ0v) is 16.2. The average Bonchev–Trinajstić information content (AvgIpc) is 2.96. The maximum Gasteiger partial charge on any atom is 0.245 e. The van der Waals surface area contributed by atoms with E-state index in [9.17, 15) is 18.8 Å². The molecule has 1 aromatic rings. The van der Waals surface area contributed by atoms with Gasteiger partial charge in [-0.15, -0.1) is 13.2 Å². The first-order valence-electron chi connectivity index (χ1n) is 9.12. The second-order valence-electron chi connectivity index (χ2n) is 6.86. The van der Waals surface area contributed by atoms with Crippen molar-refractivity contribution in [1.29, 1.82) is 0 Å². The number of halogens is 1. The van der Waals surface area contributed by atoms with Crippen molar-refractivity contribution in [3.63, 3.8) is 0 Å². The van der Waals surface area contributed by atoms with Crippen molar-refractivity contribution in [2.24, 2.45) is 5.92 Å². The Morgan fingerprint density at radius 1 is 1.29 bits per heavy atom. The van der Waals surface area contributed by atoms with Gasteiger partial charge in [-0.3, -0.25) is 14.4 Å². The van der Waals surface area contributed by atoms with Gasteiger partial charge >= 0.3 is 0 Å². The molecule has 1 saturated heterocycles. The van der Waals surface area contributed by atoms with Gasteiger partial charge in [0, 0.05) is 26.6 Å². The summed E-state index contributed by atoms with van der Waals surface area (Å²) in [6, 6.07) is 4.47. The Labute approximate surface area is 164 Å². The minimum atomic E-state index is -0.762. The lowest BCUT2D eigenvalue weighted by molar-refractivity contribution is -0.136. The summed E-state index contributed by atoms with van der Waals surface area (Å²) in [5.41, 5.74) is 0.675. The van der Waals surface area contributed by atoms with Gasteiger partial charge in [0.1, 0.15) is 11.9 Å². The van der Waals surface area contributed by atoms with E-state index in [2.05, 4.69) is 18.5 Å². The van der Waals surface area contributed by atoms with Crippen LogP contribution in [0.3, 0.4) is 0 Å². The molecule has 1 aromatic carbocycles. The van der Waals surface area contributed by atoms with Crippen LogP contribution in [-0.2, 0) is 14.4 Å². The number of amides is 3. The number of hydrogen-bond acceptors (Lipinski definition) is 3. The van der Waals surface area contributed by atoms with Crippen LogP contribution in [0, 0.1) is 11.7 Å². The van der Waals surface area contributed by atoms with Crippen LogP contribution >= 0.6 is 0 Å². The molecule has 1 aliphatic heterocycles. The number of benzene rings is 1. The molecular formula is C21H26FN3O3. The highest BCUT2D eigenvalue weighted by atomic mass is 19.1. The fourth-order valence-electron chi connectivity index (χ4n) is 3.44. The first-order valence-corrected chi connectivity index (χ1v) is 9.12. The summed E-state index contributed by atoms with van der Waals surface area (Å²) in [5, 5.41) is 2.72. The van der Waals surface area contributed by atoms with E-state index >= 15 is 0 Å². The molecule has 1 heterocycles. The molecule has 0 radical (unpaired) electrons. The summed E-state index contributed by atoms with van der Waals surface area (Å²) in [4.78, 5) is 40.7. The van der Waals surface area contributed by atoms with Crippen molar-refractivity contribution < 1.29 is 18.8 Å². The molecule has 0 aliphatic carbocycles. The Balaban J connectivity index is 2.15. The van der Waals surface area contributed by atoms with Gasteiger partial charge in [0.25, 0.3) is 0 Å². The van der Waals surface area contributed by atoms with E-state index in [-0.39, 0.29) is 30.0 Å². The van der Waals surface area contributed by atoms with Crippen LogP contribution in [0.4, 0.5) is 4.39 Å². The molecule has 0 bridgehead atoms. The van der Waals surface area contributed by atoms with E-state index in [1.54, 1.807) is 38.3 Å². The van der Waals surface area contributed by atoms with E-state index in [1.165, 1.54) is 21.9 Å². The number of nitrogens with one attached hydrogen (secondary N) is 1. The standard InChI is InChI=1S/C21H26FN3O3/c1-5-11-25(12-6-2)21(28)14(3)23-20(27)17-13-18(26)24(4)19(17)15-7-9-16(22)10-8-15/h5-10,14,17,19H,1-2,11-13H2,3-4H3,(H,23,27). The molecule has 28 heavy (non-hydrogen) atoms. The summed E-state index contributed by atoms with van der Waals surface area (Å²) in [7, 11) is 1.62. The Bertz CT molecular complexity index is 753. The molecule has 3 atom stereocenters. The molecule has 2 rings (SSSR count). The van der Waals surface area contributed by atoms with Gasteiger partial charge in [-0.25, -0.2) is 4.39 Å². The van der Waals surface area contributed by atoms with Gasteiger partial charge in [0.05, 0.1) is 12.0 Å². The molecule has 6 nitrogen and oxygen atoms in total. The molecule has 7 heteroatoms. The number of likely N-dealkylation sites (tertiary alicyclic amines) is 1. The van der Waals surface area contributed by atoms with Gasteiger partial charge in [-0.1, -0.05) is 24.3 Å². The summed E-state index contributed by atoms with van der Waals surface area (Å²) in [5.74, 6) is -1.87. The third-order valence-corrected chi connectivity index (χ3v) is 4.87. The second kappa shape index (κ2) is 9.30. The molecular weight excluding hydrogens is 361 g/mol. The molecule has 1 fully saturated rings. The molecule has 150 valence electrons. The number of hydrogen-bond donors (Lipinski definition) is 1. The number of carbonyl (C=O) groups is 3. The van der Waals surface area contributed by atoms with Crippen molar-refractivity contribution in [2.45, 2.75) is 25.4 Å². The van der Waals surface area contributed by atoms with Crippen LogP contribution in [-0.4, -0.2) is 53.7 Å². The normalized spacial score (nSPS) is 19.8. The summed E-state index contributed by atoms with van der Waals surface area (Å²) < 4.78 is 13.2. The van der Waals surface area contributed by atoms with Gasteiger partial charge in [-0.2, -0.15) is 0 Å². The quantitative estimate of drug-likeness (QED) is 0.694. The first kappa shape index (κ1) is 21.3. The summed E-state index contributed by atoms with van der Waals surface area (Å²) in [6.45, 7) is 9.55. The SMILES string of the molecule is C=CCN(CC=C)C(=O)C(C)NC(=O)C1CC(=O)N(C)C1c1ccc(F)cc1. The third kappa shape index (κ3) is 4.65. The average molecular weight is 387 g/mol. The number of carbonyl (C=O) groups excluding carboxylic acids is 3. The Hall–Kier alpha value is -2.96. The molecule has 3 amide bonds. The Morgan fingerprint density at radius 2 is 1.86 bits per heavy atom. The lowest BCUT2D eigenvalue weighted by Crippen LogP contribution is -2.49. The van der Waals surface area contributed by atoms with E-state index < -0.39 is 18.0 Å². The maximum absolute atomic E-state index is 13.2. The first-order chi connectivity index (χ1) is 13.3. The topological polar surface area (TPSA) is 69.7 Å². The zero-order chi connectivity index (χ0) is 20.8. The largest absolute Gasteiger partial charge is 0.344 e. The summed E-state index contributed by atoms with van der Waals surface area (Å²) >= 11 is 0. The van der Waals surface area contributed by atoms with Crippen LogP contribution in [0.5, 0.6) is 0 Å². The number of nitrogens with zero attached hydrogens (tertiary/aromatic N) is 2. The van der Waals surface area contributed by atoms with Crippen LogP contribution in [0.15, 0.2) is 49.6 Å². The van der Waals surface area contributed by atoms with E-state index in [4.69, 9.17) is 0 Å². The fourth-order valence-corrected chi connectivity index (χ4v) is 3.44. The molecule has 1 aliphatic rings.